The van der Waals surface area contributed by atoms with E-state index in [1.54, 1.807) is 16.2 Å². The highest BCUT2D eigenvalue weighted by Gasteiger charge is 2.22. The molecule has 2 aromatic rings. The quantitative estimate of drug-likeness (QED) is 0.600. The summed E-state index contributed by atoms with van der Waals surface area (Å²) in [6.45, 7) is 7.98. The van der Waals surface area contributed by atoms with Gasteiger partial charge in [-0.1, -0.05) is 63.6 Å². The number of thiophene rings is 1. The monoisotopic (exact) mass is 386 g/mol. The molecular formula is C22H30N2O2S. The zero-order valence-electron chi connectivity index (χ0n) is 16.6. The van der Waals surface area contributed by atoms with Crippen LogP contribution in [0.3, 0.4) is 0 Å². The van der Waals surface area contributed by atoms with Crippen LogP contribution < -0.4 is 0 Å². The molecule has 0 aliphatic carbocycles. The van der Waals surface area contributed by atoms with E-state index in [9.17, 15) is 9.59 Å². The van der Waals surface area contributed by atoms with Gasteiger partial charge in [0.25, 0.3) is 0 Å². The Kier molecular flexibility index (Phi) is 8.52. The summed E-state index contributed by atoms with van der Waals surface area (Å²) in [7, 11) is 0. The molecule has 2 rings (SSSR count). The standard InChI is InChI=1S/C22H30N2O2S/c1-4-18(3)14-23(21(25)5-2)17-22(26)24(16-20-12-9-13-27-20)15-19-10-7-6-8-11-19/h6-13,18H,4-5,14-17H2,1-3H3. The summed E-state index contributed by atoms with van der Waals surface area (Å²) < 4.78 is 0. The molecule has 0 fully saturated rings. The summed E-state index contributed by atoms with van der Waals surface area (Å²) in [6.07, 6.45) is 1.41. The SMILES string of the molecule is CCC(=O)N(CC(=O)N(Cc1ccccc1)Cc1cccs1)CC(C)CC. The molecular weight excluding hydrogens is 356 g/mol. The summed E-state index contributed by atoms with van der Waals surface area (Å²) in [4.78, 5) is 30.2. The average Bonchev–Trinajstić information content (AvgIpc) is 3.20. The Balaban J connectivity index is 2.13. The van der Waals surface area contributed by atoms with Crippen LogP contribution in [0.5, 0.6) is 0 Å². The first kappa shape index (κ1) is 21.2. The van der Waals surface area contributed by atoms with Crippen LogP contribution in [0, 0.1) is 5.92 Å². The van der Waals surface area contributed by atoms with E-state index in [1.165, 1.54) is 0 Å². The van der Waals surface area contributed by atoms with Gasteiger partial charge in [-0.3, -0.25) is 9.59 Å². The van der Waals surface area contributed by atoms with Crippen LogP contribution in [0.25, 0.3) is 0 Å². The molecule has 146 valence electrons. The predicted molar refractivity (Wildman–Crippen MR) is 111 cm³/mol. The van der Waals surface area contributed by atoms with Crippen molar-refractivity contribution in [2.45, 2.75) is 46.7 Å². The van der Waals surface area contributed by atoms with Gasteiger partial charge in [0, 0.05) is 24.4 Å². The molecule has 0 aliphatic rings. The number of hydrogen-bond donors (Lipinski definition) is 0. The van der Waals surface area contributed by atoms with Gasteiger partial charge in [0.15, 0.2) is 0 Å². The molecule has 0 saturated heterocycles. The van der Waals surface area contributed by atoms with E-state index >= 15 is 0 Å². The van der Waals surface area contributed by atoms with Gasteiger partial charge in [-0.05, 0) is 22.9 Å². The minimum absolute atomic E-state index is 0.00245. The lowest BCUT2D eigenvalue weighted by atomic mass is 10.1. The van der Waals surface area contributed by atoms with Gasteiger partial charge in [-0.2, -0.15) is 0 Å². The molecule has 0 N–H and O–H groups in total. The lowest BCUT2D eigenvalue weighted by Gasteiger charge is -2.29. The summed E-state index contributed by atoms with van der Waals surface area (Å²) in [6, 6.07) is 14.1. The Morgan fingerprint density at radius 2 is 1.70 bits per heavy atom. The number of benzene rings is 1. The number of carbonyl (C=O) groups is 2. The Bertz CT molecular complexity index is 700. The van der Waals surface area contributed by atoms with E-state index in [-0.39, 0.29) is 18.4 Å². The zero-order valence-corrected chi connectivity index (χ0v) is 17.4. The number of hydrogen-bond acceptors (Lipinski definition) is 3. The molecule has 0 radical (unpaired) electrons. The van der Waals surface area contributed by atoms with Crippen LogP contribution in [-0.2, 0) is 22.7 Å². The molecule has 1 aromatic carbocycles. The molecule has 4 nitrogen and oxygen atoms in total. The molecule has 2 amide bonds. The molecule has 27 heavy (non-hydrogen) atoms. The highest BCUT2D eigenvalue weighted by Crippen LogP contribution is 2.16. The van der Waals surface area contributed by atoms with E-state index in [0.29, 0.717) is 32.0 Å². The summed E-state index contributed by atoms with van der Waals surface area (Å²) in [5.74, 6) is 0.421. The first-order valence-corrected chi connectivity index (χ1v) is 10.5. The third-order valence-corrected chi connectivity index (χ3v) is 5.57. The fourth-order valence-electron chi connectivity index (χ4n) is 2.87. The summed E-state index contributed by atoms with van der Waals surface area (Å²) in [5, 5.41) is 2.02. The Labute approximate surface area is 166 Å². The molecule has 0 bridgehead atoms. The number of rotatable bonds is 10. The van der Waals surface area contributed by atoms with Crippen molar-refractivity contribution in [3.05, 3.63) is 58.3 Å². The fraction of sp³-hybridized carbons (Fsp3) is 0.455. The third-order valence-electron chi connectivity index (χ3n) is 4.71. The van der Waals surface area contributed by atoms with E-state index in [2.05, 4.69) is 13.8 Å². The molecule has 1 atom stereocenters. The molecule has 1 heterocycles. The highest BCUT2D eigenvalue weighted by molar-refractivity contribution is 7.09. The van der Waals surface area contributed by atoms with E-state index in [0.717, 1.165) is 16.9 Å². The van der Waals surface area contributed by atoms with Gasteiger partial charge in [0.05, 0.1) is 13.1 Å². The van der Waals surface area contributed by atoms with E-state index in [4.69, 9.17) is 0 Å². The maximum absolute atomic E-state index is 13.1. The molecule has 0 aliphatic heterocycles. The smallest absolute Gasteiger partial charge is 0.242 e. The maximum Gasteiger partial charge on any atom is 0.242 e. The van der Waals surface area contributed by atoms with Gasteiger partial charge in [-0.25, -0.2) is 0 Å². The van der Waals surface area contributed by atoms with Crippen LogP contribution in [0.4, 0.5) is 0 Å². The van der Waals surface area contributed by atoms with Crippen molar-refractivity contribution in [1.82, 2.24) is 9.80 Å². The van der Waals surface area contributed by atoms with Crippen molar-refractivity contribution in [3.63, 3.8) is 0 Å². The summed E-state index contributed by atoms with van der Waals surface area (Å²) >= 11 is 1.65. The second-order valence-electron chi connectivity index (χ2n) is 6.96. The fourth-order valence-corrected chi connectivity index (χ4v) is 3.59. The van der Waals surface area contributed by atoms with Crippen LogP contribution >= 0.6 is 11.3 Å². The Hall–Kier alpha value is -2.14. The maximum atomic E-state index is 13.1. The molecule has 0 spiro atoms. The Morgan fingerprint density at radius 3 is 2.30 bits per heavy atom. The van der Waals surface area contributed by atoms with Crippen LogP contribution in [0.2, 0.25) is 0 Å². The largest absolute Gasteiger partial charge is 0.333 e. The van der Waals surface area contributed by atoms with Crippen molar-refractivity contribution in [2.24, 2.45) is 5.92 Å². The minimum Gasteiger partial charge on any atom is -0.333 e. The zero-order chi connectivity index (χ0) is 19.6. The van der Waals surface area contributed by atoms with Crippen molar-refractivity contribution in [2.75, 3.05) is 13.1 Å². The molecule has 5 heteroatoms. The topological polar surface area (TPSA) is 40.6 Å². The Morgan fingerprint density at radius 1 is 0.963 bits per heavy atom. The van der Waals surface area contributed by atoms with Crippen molar-refractivity contribution in [1.29, 1.82) is 0 Å². The van der Waals surface area contributed by atoms with Crippen LogP contribution in [0.15, 0.2) is 47.8 Å². The van der Waals surface area contributed by atoms with Crippen molar-refractivity contribution < 1.29 is 9.59 Å². The number of carbonyl (C=O) groups excluding carboxylic acids is 2. The second kappa shape index (κ2) is 10.9. The lowest BCUT2D eigenvalue weighted by Crippen LogP contribution is -2.43. The van der Waals surface area contributed by atoms with Gasteiger partial charge in [0.1, 0.15) is 0 Å². The number of amides is 2. The van der Waals surface area contributed by atoms with Crippen molar-refractivity contribution in [3.8, 4) is 0 Å². The van der Waals surface area contributed by atoms with Crippen LogP contribution in [-0.4, -0.2) is 34.7 Å². The average molecular weight is 387 g/mol. The van der Waals surface area contributed by atoms with E-state index in [1.807, 2.05) is 59.7 Å². The molecule has 1 aromatic heterocycles. The predicted octanol–water partition coefficient (Wildman–Crippen LogP) is 4.56. The summed E-state index contributed by atoms with van der Waals surface area (Å²) in [5.41, 5.74) is 1.10. The van der Waals surface area contributed by atoms with Gasteiger partial charge in [-0.15, -0.1) is 11.3 Å². The van der Waals surface area contributed by atoms with E-state index < -0.39 is 0 Å². The lowest BCUT2D eigenvalue weighted by molar-refractivity contribution is -0.141. The van der Waals surface area contributed by atoms with Crippen molar-refractivity contribution >= 4 is 23.2 Å². The first-order valence-electron chi connectivity index (χ1n) is 9.65. The van der Waals surface area contributed by atoms with Gasteiger partial charge < -0.3 is 9.80 Å². The van der Waals surface area contributed by atoms with Gasteiger partial charge in [0.2, 0.25) is 11.8 Å². The number of nitrogens with zero attached hydrogens (tertiary/aromatic N) is 2. The second-order valence-corrected chi connectivity index (χ2v) is 7.99. The van der Waals surface area contributed by atoms with Gasteiger partial charge >= 0.3 is 0 Å². The third kappa shape index (κ3) is 6.83. The van der Waals surface area contributed by atoms with Crippen LogP contribution in [0.1, 0.15) is 44.1 Å². The molecule has 0 saturated carbocycles. The normalized spacial score (nSPS) is 11.8. The minimum atomic E-state index is -0.00245. The first-order chi connectivity index (χ1) is 13.0. The molecule has 1 unspecified atom stereocenters. The highest BCUT2D eigenvalue weighted by atomic mass is 32.1.